The predicted molar refractivity (Wildman–Crippen MR) is 130 cm³/mol. The number of hydrogen-bond donors (Lipinski definition) is 1. The lowest BCUT2D eigenvalue weighted by Crippen LogP contribution is -2.52. The summed E-state index contributed by atoms with van der Waals surface area (Å²) >= 11 is 0. The van der Waals surface area contributed by atoms with Crippen molar-refractivity contribution in [2.75, 3.05) is 30.8 Å². The number of benzene rings is 2. The minimum atomic E-state index is -3.91. The first kappa shape index (κ1) is 27.1. The monoisotopic (exact) mass is 493 g/mol. The van der Waals surface area contributed by atoms with Crippen molar-refractivity contribution < 1.29 is 27.1 Å². The molecule has 0 aromatic heterocycles. The van der Waals surface area contributed by atoms with Gasteiger partial charge in [0.15, 0.2) is 0 Å². The van der Waals surface area contributed by atoms with Crippen molar-refractivity contribution in [2.45, 2.75) is 39.3 Å². The predicted octanol–water partition coefficient (Wildman–Crippen LogP) is 2.93. The minimum absolute atomic E-state index is 0.0312. The molecule has 0 aliphatic carbocycles. The Morgan fingerprint density at radius 1 is 1.12 bits per heavy atom. The highest BCUT2D eigenvalue weighted by molar-refractivity contribution is 7.92. The number of nitrogens with zero attached hydrogens (tertiary/aromatic N) is 2. The summed E-state index contributed by atoms with van der Waals surface area (Å²) in [7, 11) is -2.37. The van der Waals surface area contributed by atoms with Gasteiger partial charge in [0, 0.05) is 13.1 Å². The van der Waals surface area contributed by atoms with Gasteiger partial charge in [-0.2, -0.15) is 0 Å². The van der Waals surface area contributed by atoms with E-state index >= 15 is 0 Å². The van der Waals surface area contributed by atoms with Gasteiger partial charge in [0.1, 0.15) is 24.2 Å². The molecule has 2 aromatic rings. The van der Waals surface area contributed by atoms with Crippen LogP contribution >= 0.6 is 0 Å². The van der Waals surface area contributed by atoms with Crippen LogP contribution in [0.2, 0.25) is 0 Å². The van der Waals surface area contributed by atoms with Crippen molar-refractivity contribution >= 4 is 27.5 Å². The van der Waals surface area contributed by atoms with Crippen molar-refractivity contribution in [3.05, 3.63) is 59.9 Å². The van der Waals surface area contributed by atoms with Crippen molar-refractivity contribution in [2.24, 2.45) is 0 Å². The summed E-state index contributed by atoms with van der Waals surface area (Å²) in [6.07, 6.45) is 2.01. The molecule has 0 spiro atoms. The molecule has 2 rings (SSSR count). The van der Waals surface area contributed by atoms with Gasteiger partial charge in [-0.25, -0.2) is 12.8 Å². The number of anilines is 1. The lowest BCUT2D eigenvalue weighted by atomic mass is 10.1. The second kappa shape index (κ2) is 12.4. The molecule has 2 amide bonds. The first-order valence-corrected chi connectivity index (χ1v) is 12.9. The number of nitrogens with one attached hydrogen (secondary N) is 1. The van der Waals surface area contributed by atoms with Crippen LogP contribution in [0.1, 0.15) is 32.3 Å². The molecule has 0 aliphatic heterocycles. The summed E-state index contributed by atoms with van der Waals surface area (Å²) in [6, 6.07) is 11.2. The van der Waals surface area contributed by atoms with E-state index in [0.717, 1.165) is 28.6 Å². The van der Waals surface area contributed by atoms with Crippen LogP contribution in [0.5, 0.6) is 5.75 Å². The van der Waals surface area contributed by atoms with Crippen LogP contribution < -0.4 is 14.4 Å². The number of methoxy groups -OCH3 is 1. The fourth-order valence-corrected chi connectivity index (χ4v) is 4.30. The fourth-order valence-electron chi connectivity index (χ4n) is 3.46. The van der Waals surface area contributed by atoms with Gasteiger partial charge in [-0.3, -0.25) is 13.9 Å². The first-order valence-electron chi connectivity index (χ1n) is 11.0. The number of carbonyl (C=O) groups excluding carboxylic acids is 2. The number of rotatable bonds is 12. The SMILES string of the molecule is CCCNC(=O)[C@@H](CC)N(Cc1ccc(OC)cc1)C(=O)CN(c1cccc(F)c1)S(C)(=O)=O. The van der Waals surface area contributed by atoms with Crippen LogP contribution in [0.4, 0.5) is 10.1 Å². The molecule has 10 heteroatoms. The molecular formula is C24H32FN3O5S. The molecule has 2 aromatic carbocycles. The van der Waals surface area contributed by atoms with E-state index in [1.54, 1.807) is 38.3 Å². The molecule has 0 saturated carbocycles. The third-order valence-corrected chi connectivity index (χ3v) is 6.36. The molecule has 0 radical (unpaired) electrons. The fraction of sp³-hybridized carbons (Fsp3) is 0.417. The Morgan fingerprint density at radius 2 is 1.79 bits per heavy atom. The van der Waals surface area contributed by atoms with Crippen molar-refractivity contribution in [1.29, 1.82) is 0 Å². The van der Waals surface area contributed by atoms with Gasteiger partial charge in [0.05, 0.1) is 19.1 Å². The van der Waals surface area contributed by atoms with Crippen molar-refractivity contribution in [3.8, 4) is 5.75 Å². The first-order chi connectivity index (χ1) is 16.1. The van der Waals surface area contributed by atoms with E-state index in [1.807, 2.05) is 6.92 Å². The molecule has 0 bridgehead atoms. The van der Waals surface area contributed by atoms with Crippen LogP contribution in [0.3, 0.4) is 0 Å². The highest BCUT2D eigenvalue weighted by Gasteiger charge is 2.31. The molecule has 0 saturated heterocycles. The summed E-state index contributed by atoms with van der Waals surface area (Å²) in [5, 5.41) is 2.81. The lowest BCUT2D eigenvalue weighted by Gasteiger charge is -2.33. The van der Waals surface area contributed by atoms with Crippen molar-refractivity contribution in [1.82, 2.24) is 10.2 Å². The number of halogens is 1. The number of hydrogen-bond acceptors (Lipinski definition) is 5. The van der Waals surface area contributed by atoms with Gasteiger partial charge in [-0.15, -0.1) is 0 Å². The largest absolute Gasteiger partial charge is 0.497 e. The number of carbonyl (C=O) groups is 2. The molecule has 1 N–H and O–H groups in total. The third-order valence-electron chi connectivity index (χ3n) is 5.22. The van der Waals surface area contributed by atoms with Gasteiger partial charge in [-0.05, 0) is 48.7 Å². The van der Waals surface area contributed by atoms with Crippen molar-refractivity contribution in [3.63, 3.8) is 0 Å². The van der Waals surface area contributed by atoms with E-state index in [-0.39, 0.29) is 18.1 Å². The molecule has 8 nitrogen and oxygen atoms in total. The van der Waals surface area contributed by atoms with Gasteiger partial charge in [0.2, 0.25) is 21.8 Å². The quantitative estimate of drug-likeness (QED) is 0.491. The number of ether oxygens (including phenoxy) is 1. The Bertz CT molecular complexity index is 1080. The topological polar surface area (TPSA) is 96.0 Å². The maximum absolute atomic E-state index is 13.8. The van der Waals surface area contributed by atoms with Gasteiger partial charge < -0.3 is 15.0 Å². The maximum Gasteiger partial charge on any atom is 0.244 e. The standard InChI is InChI=1S/C24H32FN3O5S/c1-5-14-26-24(30)22(6-2)27(16-18-10-12-21(33-3)13-11-18)23(29)17-28(34(4,31)32)20-9-7-8-19(25)15-20/h7-13,15,22H,5-6,14,16-17H2,1-4H3,(H,26,30)/t22-/m1/s1. The van der Waals surface area contributed by atoms with E-state index in [4.69, 9.17) is 4.74 Å². The van der Waals surface area contributed by atoms with Gasteiger partial charge in [0.25, 0.3) is 0 Å². The Labute approximate surface area is 200 Å². The highest BCUT2D eigenvalue weighted by Crippen LogP contribution is 2.21. The average Bonchev–Trinajstić information content (AvgIpc) is 2.80. The van der Waals surface area contributed by atoms with E-state index in [1.165, 1.54) is 23.1 Å². The van der Waals surface area contributed by atoms with Crippen LogP contribution in [0.15, 0.2) is 48.5 Å². The zero-order valence-electron chi connectivity index (χ0n) is 20.0. The minimum Gasteiger partial charge on any atom is -0.497 e. The molecule has 34 heavy (non-hydrogen) atoms. The zero-order valence-corrected chi connectivity index (χ0v) is 20.8. The van der Waals surface area contributed by atoms with Gasteiger partial charge >= 0.3 is 0 Å². The molecule has 186 valence electrons. The molecule has 0 heterocycles. The summed E-state index contributed by atoms with van der Waals surface area (Å²) in [6.45, 7) is 3.67. The summed E-state index contributed by atoms with van der Waals surface area (Å²) in [4.78, 5) is 27.7. The molecule has 1 atom stereocenters. The number of sulfonamides is 1. The summed E-state index contributed by atoms with van der Waals surface area (Å²) in [5.41, 5.74) is 0.774. The Kier molecular flexibility index (Phi) is 9.85. The average molecular weight is 494 g/mol. The lowest BCUT2D eigenvalue weighted by molar-refractivity contribution is -0.140. The normalized spacial score (nSPS) is 12.0. The molecule has 0 fully saturated rings. The van der Waals surface area contributed by atoms with Crippen LogP contribution in [-0.4, -0.2) is 57.6 Å². The van der Waals surface area contributed by atoms with E-state index in [9.17, 15) is 22.4 Å². The molecular weight excluding hydrogens is 461 g/mol. The highest BCUT2D eigenvalue weighted by atomic mass is 32.2. The van der Waals surface area contributed by atoms with Gasteiger partial charge in [-0.1, -0.05) is 32.0 Å². The summed E-state index contributed by atoms with van der Waals surface area (Å²) in [5.74, 6) is -0.880. The summed E-state index contributed by atoms with van der Waals surface area (Å²) < 4.78 is 44.8. The Hall–Kier alpha value is -3.14. The maximum atomic E-state index is 13.8. The smallest absolute Gasteiger partial charge is 0.244 e. The Balaban J connectivity index is 2.41. The molecule has 0 aliphatic rings. The second-order valence-electron chi connectivity index (χ2n) is 7.83. The van der Waals surface area contributed by atoms with E-state index < -0.39 is 34.3 Å². The zero-order chi connectivity index (χ0) is 25.3. The van der Waals surface area contributed by atoms with Crippen LogP contribution in [-0.2, 0) is 26.2 Å². The van der Waals surface area contributed by atoms with E-state index in [2.05, 4.69) is 5.32 Å². The van der Waals surface area contributed by atoms with Crippen LogP contribution in [0, 0.1) is 5.82 Å². The Morgan fingerprint density at radius 3 is 2.32 bits per heavy atom. The van der Waals surface area contributed by atoms with Crippen LogP contribution in [0.25, 0.3) is 0 Å². The molecule has 0 unspecified atom stereocenters. The van der Waals surface area contributed by atoms with E-state index in [0.29, 0.717) is 18.7 Å². The second-order valence-corrected chi connectivity index (χ2v) is 9.74. The third kappa shape index (κ3) is 7.44. The number of amides is 2.